The summed E-state index contributed by atoms with van der Waals surface area (Å²) >= 11 is 0. The van der Waals surface area contributed by atoms with Crippen molar-refractivity contribution in [2.45, 2.75) is 26.7 Å². The van der Waals surface area contributed by atoms with Crippen LogP contribution >= 0.6 is 0 Å². The number of aryl methyl sites for hydroxylation is 1. The van der Waals surface area contributed by atoms with Crippen molar-refractivity contribution in [3.05, 3.63) is 29.6 Å². The number of fused-ring (bicyclic) bond motifs is 1. The molecule has 0 fully saturated rings. The molecule has 1 aromatic rings. The monoisotopic (exact) mass is 265 g/mol. The maximum Gasteiger partial charge on any atom is 0.310 e. The van der Waals surface area contributed by atoms with Crippen LogP contribution in [0.15, 0.2) is 18.2 Å². The number of carbonyl (C=O) groups is 2. The van der Waals surface area contributed by atoms with Gasteiger partial charge in [-0.15, -0.1) is 0 Å². The van der Waals surface area contributed by atoms with Gasteiger partial charge in [0.15, 0.2) is 0 Å². The van der Waals surface area contributed by atoms with E-state index in [1.807, 2.05) is 0 Å². The fourth-order valence-corrected chi connectivity index (χ4v) is 2.16. The van der Waals surface area contributed by atoms with Crippen molar-refractivity contribution in [3.8, 4) is 0 Å². The Labute approximate surface area is 110 Å². The first kappa shape index (κ1) is 13.5. The Morgan fingerprint density at radius 1 is 1.42 bits per heavy atom. The van der Waals surface area contributed by atoms with Crippen LogP contribution in [0.3, 0.4) is 0 Å². The molecule has 0 aromatic heterocycles. The molecule has 0 saturated heterocycles. The average molecular weight is 265 g/mol. The Hall–Kier alpha value is -1.91. The van der Waals surface area contributed by atoms with Crippen LogP contribution in [0, 0.1) is 11.2 Å². The lowest BCUT2D eigenvalue weighted by atomic mass is 9.91. The molecule has 0 atom stereocenters. The summed E-state index contributed by atoms with van der Waals surface area (Å²) in [5.74, 6) is -1.42. The summed E-state index contributed by atoms with van der Waals surface area (Å²) in [7, 11) is 0. The van der Waals surface area contributed by atoms with E-state index in [0.717, 1.165) is 5.56 Å². The van der Waals surface area contributed by atoms with E-state index in [9.17, 15) is 14.0 Å². The molecular formula is C14H16FNO3. The maximum atomic E-state index is 13.2. The largest absolute Gasteiger partial charge is 0.481 e. The molecule has 5 heteroatoms. The smallest absolute Gasteiger partial charge is 0.310 e. The summed E-state index contributed by atoms with van der Waals surface area (Å²) in [5.41, 5.74) is 0.325. The molecule has 19 heavy (non-hydrogen) atoms. The van der Waals surface area contributed by atoms with E-state index in [1.165, 1.54) is 17.0 Å². The second-order valence-corrected chi connectivity index (χ2v) is 5.44. The van der Waals surface area contributed by atoms with E-state index in [-0.39, 0.29) is 24.7 Å². The number of hydrogen-bond donors (Lipinski definition) is 1. The van der Waals surface area contributed by atoms with Gasteiger partial charge in [0.25, 0.3) is 0 Å². The highest BCUT2D eigenvalue weighted by Gasteiger charge is 2.34. The fourth-order valence-electron chi connectivity index (χ4n) is 2.16. The third kappa shape index (κ3) is 2.59. The first-order chi connectivity index (χ1) is 8.81. The first-order valence-electron chi connectivity index (χ1n) is 6.13. The number of aliphatic carboxylic acids is 1. The van der Waals surface area contributed by atoms with Gasteiger partial charge >= 0.3 is 5.97 Å². The van der Waals surface area contributed by atoms with Crippen LogP contribution in [-0.2, 0) is 16.0 Å². The van der Waals surface area contributed by atoms with Gasteiger partial charge in [-0.05, 0) is 44.0 Å². The van der Waals surface area contributed by atoms with Crippen molar-refractivity contribution in [3.63, 3.8) is 0 Å². The number of halogens is 1. The summed E-state index contributed by atoms with van der Waals surface area (Å²) in [6.07, 6.45) is 0.780. The molecule has 1 N–H and O–H groups in total. The molecule has 0 saturated carbocycles. The minimum absolute atomic E-state index is 0.0831. The van der Waals surface area contributed by atoms with Gasteiger partial charge in [0, 0.05) is 18.7 Å². The Kier molecular flexibility index (Phi) is 3.30. The van der Waals surface area contributed by atoms with Gasteiger partial charge in [0.05, 0.1) is 5.41 Å². The molecule has 0 bridgehead atoms. The van der Waals surface area contributed by atoms with Gasteiger partial charge in [0.2, 0.25) is 5.91 Å². The quantitative estimate of drug-likeness (QED) is 0.911. The number of amides is 1. The zero-order chi connectivity index (χ0) is 14.2. The fraction of sp³-hybridized carbons (Fsp3) is 0.429. The Morgan fingerprint density at radius 2 is 2.11 bits per heavy atom. The lowest BCUT2D eigenvalue weighted by molar-refractivity contribution is -0.146. The second kappa shape index (κ2) is 4.64. The normalized spacial score (nSPS) is 15.3. The first-order valence-corrected chi connectivity index (χ1v) is 6.13. The lowest BCUT2D eigenvalue weighted by Gasteiger charge is -2.34. The van der Waals surface area contributed by atoms with Gasteiger partial charge in [-0.25, -0.2) is 4.39 Å². The van der Waals surface area contributed by atoms with Crippen molar-refractivity contribution in [1.82, 2.24) is 0 Å². The standard InChI is InChI=1S/C14H16FNO3/c1-14(2,13(18)19)8-16-11-5-4-10(15)7-9(11)3-6-12(16)17/h4-5,7H,3,6,8H2,1-2H3,(H,18,19). The number of rotatable bonds is 3. The van der Waals surface area contributed by atoms with Crippen molar-refractivity contribution >= 4 is 17.6 Å². The van der Waals surface area contributed by atoms with Crippen molar-refractivity contribution in [2.24, 2.45) is 5.41 Å². The molecule has 1 aromatic carbocycles. The second-order valence-electron chi connectivity index (χ2n) is 5.44. The Balaban J connectivity index is 2.36. The van der Waals surface area contributed by atoms with E-state index in [4.69, 9.17) is 5.11 Å². The zero-order valence-electron chi connectivity index (χ0n) is 10.9. The number of nitrogens with zero attached hydrogens (tertiary/aromatic N) is 1. The lowest BCUT2D eigenvalue weighted by Crippen LogP contribution is -2.44. The predicted molar refractivity (Wildman–Crippen MR) is 68.5 cm³/mol. The maximum absolute atomic E-state index is 13.2. The van der Waals surface area contributed by atoms with Crippen LogP contribution in [0.1, 0.15) is 25.8 Å². The van der Waals surface area contributed by atoms with Crippen molar-refractivity contribution in [1.29, 1.82) is 0 Å². The van der Waals surface area contributed by atoms with Gasteiger partial charge in [-0.1, -0.05) is 0 Å². The van der Waals surface area contributed by atoms with Crippen LogP contribution < -0.4 is 4.90 Å². The van der Waals surface area contributed by atoms with Crippen molar-refractivity contribution in [2.75, 3.05) is 11.4 Å². The molecule has 0 aliphatic carbocycles. The topological polar surface area (TPSA) is 57.6 Å². The highest BCUT2D eigenvalue weighted by Crippen LogP contribution is 2.31. The Bertz CT molecular complexity index is 539. The number of benzene rings is 1. The highest BCUT2D eigenvalue weighted by atomic mass is 19.1. The third-order valence-electron chi connectivity index (χ3n) is 3.37. The summed E-state index contributed by atoms with van der Waals surface area (Å²) in [6, 6.07) is 4.24. The SMILES string of the molecule is CC(C)(CN1C(=O)CCc2cc(F)ccc21)C(=O)O. The summed E-state index contributed by atoms with van der Waals surface area (Å²) in [4.78, 5) is 24.6. The van der Waals surface area contributed by atoms with Crippen LogP contribution in [0.25, 0.3) is 0 Å². The molecule has 0 spiro atoms. The molecule has 1 amide bonds. The molecule has 102 valence electrons. The third-order valence-corrected chi connectivity index (χ3v) is 3.37. The van der Waals surface area contributed by atoms with E-state index >= 15 is 0 Å². The molecule has 4 nitrogen and oxygen atoms in total. The Morgan fingerprint density at radius 3 is 2.74 bits per heavy atom. The molecule has 1 heterocycles. The van der Waals surface area contributed by atoms with E-state index in [0.29, 0.717) is 12.1 Å². The number of hydrogen-bond acceptors (Lipinski definition) is 2. The zero-order valence-corrected chi connectivity index (χ0v) is 10.9. The van der Waals surface area contributed by atoms with Crippen molar-refractivity contribution < 1.29 is 19.1 Å². The van der Waals surface area contributed by atoms with E-state index in [1.54, 1.807) is 19.9 Å². The van der Waals surface area contributed by atoms with Gasteiger partial charge < -0.3 is 10.0 Å². The summed E-state index contributed by atoms with van der Waals surface area (Å²) < 4.78 is 13.2. The number of carbonyl (C=O) groups excluding carboxylic acids is 1. The molecule has 1 aliphatic heterocycles. The molecule has 2 rings (SSSR count). The van der Waals surface area contributed by atoms with Gasteiger partial charge in [-0.2, -0.15) is 0 Å². The van der Waals surface area contributed by atoms with Crippen LogP contribution in [0.4, 0.5) is 10.1 Å². The average Bonchev–Trinajstić information content (AvgIpc) is 2.32. The number of carboxylic acid groups (broad SMARTS) is 1. The summed E-state index contributed by atoms with van der Waals surface area (Å²) in [5, 5.41) is 9.15. The summed E-state index contributed by atoms with van der Waals surface area (Å²) in [6.45, 7) is 3.22. The molecule has 1 aliphatic rings. The number of carboxylic acids is 1. The minimum atomic E-state index is -1.04. The highest BCUT2D eigenvalue weighted by molar-refractivity contribution is 5.97. The van der Waals surface area contributed by atoms with Crippen LogP contribution in [0.5, 0.6) is 0 Å². The van der Waals surface area contributed by atoms with Gasteiger partial charge in [-0.3, -0.25) is 9.59 Å². The molecule has 0 radical (unpaired) electrons. The van der Waals surface area contributed by atoms with E-state index < -0.39 is 11.4 Å². The molecule has 0 unspecified atom stereocenters. The minimum Gasteiger partial charge on any atom is -0.481 e. The predicted octanol–water partition coefficient (Wildman–Crippen LogP) is 2.22. The van der Waals surface area contributed by atoms with E-state index in [2.05, 4.69) is 0 Å². The number of anilines is 1. The molecular weight excluding hydrogens is 249 g/mol. The van der Waals surface area contributed by atoms with Gasteiger partial charge in [0.1, 0.15) is 5.82 Å². The van der Waals surface area contributed by atoms with Crippen LogP contribution in [0.2, 0.25) is 0 Å². The van der Waals surface area contributed by atoms with Crippen LogP contribution in [-0.4, -0.2) is 23.5 Å².